The Hall–Kier alpha value is -0.850. The van der Waals surface area contributed by atoms with E-state index in [1.165, 1.54) is 44.1 Å². The summed E-state index contributed by atoms with van der Waals surface area (Å²) in [5, 5.41) is 0. The first-order chi connectivity index (χ1) is 8.16. The van der Waals surface area contributed by atoms with Crippen LogP contribution in [0, 0.1) is 25.6 Å². The van der Waals surface area contributed by atoms with Gasteiger partial charge in [0.15, 0.2) is 0 Å². The summed E-state index contributed by atoms with van der Waals surface area (Å²) in [4.78, 5) is 0. The van der Waals surface area contributed by atoms with Crippen LogP contribution in [0.1, 0.15) is 55.2 Å². The van der Waals surface area contributed by atoms with Gasteiger partial charge in [-0.15, -0.1) is 0 Å². The van der Waals surface area contributed by atoms with Crippen molar-refractivity contribution >= 4 is 0 Å². The molecular weight excluding hydrogens is 211 g/mol. The second-order valence-electron chi connectivity index (χ2n) is 5.57. The molecule has 0 radical (unpaired) electrons. The third kappa shape index (κ3) is 3.31. The van der Waals surface area contributed by atoms with Crippen molar-refractivity contribution in [1.29, 1.82) is 0 Å². The zero-order chi connectivity index (χ0) is 12.3. The zero-order valence-electron chi connectivity index (χ0n) is 11.1. The molecule has 0 nitrogen and oxygen atoms in total. The molecule has 0 N–H and O–H groups in total. The van der Waals surface area contributed by atoms with Crippen LogP contribution in [0.4, 0.5) is 4.39 Å². The van der Waals surface area contributed by atoms with E-state index >= 15 is 0 Å². The number of halogens is 1. The molecule has 2 rings (SSSR count). The number of rotatable bonds is 3. The first kappa shape index (κ1) is 12.6. The van der Waals surface area contributed by atoms with Crippen LogP contribution in [-0.4, -0.2) is 0 Å². The molecule has 1 aromatic rings. The summed E-state index contributed by atoms with van der Waals surface area (Å²) in [5.41, 5.74) is 3.24. The van der Waals surface area contributed by atoms with Crippen molar-refractivity contribution < 1.29 is 4.39 Å². The average Bonchev–Trinajstić information content (AvgIpc) is 2.33. The Morgan fingerprint density at radius 3 is 2.47 bits per heavy atom. The molecule has 17 heavy (non-hydrogen) atoms. The Labute approximate surface area is 104 Å². The fourth-order valence-electron chi connectivity index (χ4n) is 2.95. The molecule has 0 atom stereocenters. The van der Waals surface area contributed by atoms with E-state index in [4.69, 9.17) is 0 Å². The van der Waals surface area contributed by atoms with Gasteiger partial charge in [0.2, 0.25) is 0 Å². The van der Waals surface area contributed by atoms with Gasteiger partial charge in [-0.1, -0.05) is 38.2 Å². The topological polar surface area (TPSA) is 0 Å². The molecule has 1 saturated carbocycles. The monoisotopic (exact) mass is 234 g/mol. The highest BCUT2D eigenvalue weighted by Gasteiger charge is 2.14. The van der Waals surface area contributed by atoms with E-state index in [0.717, 1.165) is 23.5 Å². The molecule has 0 aliphatic heterocycles. The fraction of sp³-hybridized carbons (Fsp3) is 0.625. The Morgan fingerprint density at radius 2 is 1.76 bits per heavy atom. The molecule has 1 aromatic carbocycles. The predicted octanol–water partition coefficient (Wildman–Crippen LogP) is 4.96. The van der Waals surface area contributed by atoms with Crippen LogP contribution in [0.5, 0.6) is 0 Å². The Balaban J connectivity index is 1.96. The van der Waals surface area contributed by atoms with Crippen LogP contribution in [0.25, 0.3) is 0 Å². The summed E-state index contributed by atoms with van der Waals surface area (Å²) in [5.74, 6) is 0.845. The molecule has 0 aromatic heterocycles. The van der Waals surface area contributed by atoms with Crippen molar-refractivity contribution in [3.63, 3.8) is 0 Å². The van der Waals surface area contributed by atoms with Crippen LogP contribution in [-0.2, 0) is 6.42 Å². The van der Waals surface area contributed by atoms with Gasteiger partial charge in [0, 0.05) is 0 Å². The Kier molecular flexibility index (Phi) is 4.20. The maximum Gasteiger partial charge on any atom is 0.126 e. The Bertz CT molecular complexity index is 375. The van der Waals surface area contributed by atoms with Crippen molar-refractivity contribution in [2.45, 2.75) is 58.8 Å². The van der Waals surface area contributed by atoms with E-state index in [-0.39, 0.29) is 5.82 Å². The lowest BCUT2D eigenvalue weighted by Gasteiger charge is -2.21. The summed E-state index contributed by atoms with van der Waals surface area (Å²) in [6.45, 7) is 3.89. The highest BCUT2D eigenvalue weighted by Crippen LogP contribution is 2.28. The smallest absolute Gasteiger partial charge is 0.126 e. The van der Waals surface area contributed by atoms with Gasteiger partial charge in [-0.3, -0.25) is 0 Å². The van der Waals surface area contributed by atoms with E-state index in [2.05, 4.69) is 0 Å². The molecule has 1 aliphatic carbocycles. The standard InChI is InChI=1S/C16H23F/c1-12-11-16(17)13(2)10-15(12)9-8-14-6-4-3-5-7-14/h10-11,14H,3-9H2,1-2H3. The molecule has 0 bridgehead atoms. The SMILES string of the molecule is Cc1cc(CCC2CCCCC2)c(C)cc1F. The average molecular weight is 234 g/mol. The maximum absolute atomic E-state index is 13.4. The predicted molar refractivity (Wildman–Crippen MR) is 70.8 cm³/mol. The van der Waals surface area contributed by atoms with Crippen LogP contribution < -0.4 is 0 Å². The molecule has 1 fully saturated rings. The minimum atomic E-state index is -0.0658. The minimum absolute atomic E-state index is 0.0658. The first-order valence-corrected chi connectivity index (χ1v) is 6.92. The van der Waals surface area contributed by atoms with Crippen molar-refractivity contribution in [3.8, 4) is 0 Å². The second-order valence-corrected chi connectivity index (χ2v) is 5.57. The third-order valence-corrected chi connectivity index (χ3v) is 4.16. The van der Waals surface area contributed by atoms with Crippen molar-refractivity contribution in [2.75, 3.05) is 0 Å². The third-order valence-electron chi connectivity index (χ3n) is 4.16. The lowest BCUT2D eigenvalue weighted by Crippen LogP contribution is -2.08. The van der Waals surface area contributed by atoms with E-state index < -0.39 is 0 Å². The first-order valence-electron chi connectivity index (χ1n) is 6.92. The van der Waals surface area contributed by atoms with Gasteiger partial charge in [0.1, 0.15) is 5.82 Å². The summed E-state index contributed by atoms with van der Waals surface area (Å²) < 4.78 is 13.4. The van der Waals surface area contributed by atoms with Crippen LogP contribution in [0.15, 0.2) is 12.1 Å². The molecule has 0 amide bonds. The lowest BCUT2D eigenvalue weighted by molar-refractivity contribution is 0.339. The van der Waals surface area contributed by atoms with Gasteiger partial charge in [-0.25, -0.2) is 4.39 Å². The van der Waals surface area contributed by atoms with Crippen molar-refractivity contribution in [2.24, 2.45) is 5.92 Å². The maximum atomic E-state index is 13.4. The van der Waals surface area contributed by atoms with Gasteiger partial charge in [-0.05, 0) is 55.4 Å². The summed E-state index contributed by atoms with van der Waals surface area (Å²) >= 11 is 0. The summed E-state index contributed by atoms with van der Waals surface area (Å²) in [6.07, 6.45) is 9.45. The van der Waals surface area contributed by atoms with Crippen LogP contribution in [0.3, 0.4) is 0 Å². The van der Waals surface area contributed by atoms with Gasteiger partial charge < -0.3 is 0 Å². The molecule has 0 spiro atoms. The molecule has 0 unspecified atom stereocenters. The largest absolute Gasteiger partial charge is 0.207 e. The number of aryl methyl sites for hydroxylation is 3. The van der Waals surface area contributed by atoms with Crippen LogP contribution >= 0.6 is 0 Å². The van der Waals surface area contributed by atoms with Crippen LogP contribution in [0.2, 0.25) is 0 Å². The van der Waals surface area contributed by atoms with Gasteiger partial charge >= 0.3 is 0 Å². The number of hydrogen-bond acceptors (Lipinski definition) is 0. The number of hydrogen-bond donors (Lipinski definition) is 0. The van der Waals surface area contributed by atoms with E-state index in [0.29, 0.717) is 0 Å². The normalized spacial score (nSPS) is 17.4. The molecule has 1 aliphatic rings. The Morgan fingerprint density at radius 1 is 1.06 bits per heavy atom. The molecule has 94 valence electrons. The van der Waals surface area contributed by atoms with Gasteiger partial charge in [-0.2, -0.15) is 0 Å². The zero-order valence-corrected chi connectivity index (χ0v) is 11.1. The highest BCUT2D eigenvalue weighted by atomic mass is 19.1. The molecule has 0 heterocycles. The highest BCUT2D eigenvalue weighted by molar-refractivity contribution is 5.31. The van der Waals surface area contributed by atoms with Gasteiger partial charge in [0.05, 0.1) is 0 Å². The van der Waals surface area contributed by atoms with Crippen molar-refractivity contribution in [1.82, 2.24) is 0 Å². The molecule has 1 heteroatoms. The lowest BCUT2D eigenvalue weighted by atomic mass is 9.84. The minimum Gasteiger partial charge on any atom is -0.207 e. The second kappa shape index (κ2) is 5.66. The van der Waals surface area contributed by atoms with E-state index in [9.17, 15) is 4.39 Å². The van der Waals surface area contributed by atoms with E-state index in [1.807, 2.05) is 19.9 Å². The number of benzene rings is 1. The van der Waals surface area contributed by atoms with Gasteiger partial charge in [0.25, 0.3) is 0 Å². The summed E-state index contributed by atoms with van der Waals surface area (Å²) in [7, 11) is 0. The molecular formula is C16H23F. The van der Waals surface area contributed by atoms with Crippen molar-refractivity contribution in [3.05, 3.63) is 34.6 Å². The molecule has 0 saturated heterocycles. The van der Waals surface area contributed by atoms with E-state index in [1.54, 1.807) is 6.07 Å². The summed E-state index contributed by atoms with van der Waals surface area (Å²) in [6, 6.07) is 3.72. The fourth-order valence-corrected chi connectivity index (χ4v) is 2.95. The quantitative estimate of drug-likeness (QED) is 0.693.